The number of carbonyl (C=O) groups excluding carboxylic acids is 1. The van der Waals surface area contributed by atoms with Crippen LogP contribution in [0.1, 0.15) is 23.2 Å². The lowest BCUT2D eigenvalue weighted by Gasteiger charge is -2.39. The highest BCUT2D eigenvalue weighted by atomic mass is 35.5. The number of hydrogen-bond donors (Lipinski definition) is 1. The van der Waals surface area contributed by atoms with Crippen LogP contribution in [0.3, 0.4) is 0 Å². The average molecular weight is 342 g/mol. The number of hydrogen-bond acceptors (Lipinski definition) is 4. The van der Waals surface area contributed by atoms with Gasteiger partial charge >= 0.3 is 5.97 Å². The molecule has 1 aromatic rings. The maximum atomic E-state index is 12.7. The first-order chi connectivity index (χ1) is 10.9. The van der Waals surface area contributed by atoms with Crippen molar-refractivity contribution in [2.45, 2.75) is 12.8 Å². The molecule has 0 aliphatic carbocycles. The molecule has 1 amide bonds. The molecule has 1 aromatic carbocycles. The summed E-state index contributed by atoms with van der Waals surface area (Å²) in [5, 5.41) is 9.97. The van der Waals surface area contributed by atoms with Gasteiger partial charge in [-0.1, -0.05) is 11.6 Å². The van der Waals surface area contributed by atoms with Crippen LogP contribution in [0, 0.1) is 5.41 Å². The van der Waals surface area contributed by atoms with Gasteiger partial charge in [-0.05, 0) is 31.0 Å². The second-order valence-corrected chi connectivity index (χ2v) is 6.11. The minimum absolute atomic E-state index is 0.0794. The van der Waals surface area contributed by atoms with Crippen LogP contribution in [0.15, 0.2) is 18.2 Å². The second kappa shape index (κ2) is 7.19. The number of likely N-dealkylation sites (tertiary alicyclic amines) is 1. The topological polar surface area (TPSA) is 76.1 Å². The molecule has 2 rings (SSSR count). The summed E-state index contributed by atoms with van der Waals surface area (Å²) in [6.45, 7) is 0.721. The van der Waals surface area contributed by atoms with Crippen molar-refractivity contribution in [3.05, 3.63) is 28.8 Å². The van der Waals surface area contributed by atoms with Crippen molar-refractivity contribution in [1.82, 2.24) is 4.90 Å². The summed E-state index contributed by atoms with van der Waals surface area (Å²) < 4.78 is 10.2. The van der Waals surface area contributed by atoms with E-state index in [2.05, 4.69) is 0 Å². The van der Waals surface area contributed by atoms with Gasteiger partial charge in [0, 0.05) is 25.8 Å². The van der Waals surface area contributed by atoms with Gasteiger partial charge in [0.05, 0.1) is 18.7 Å². The minimum Gasteiger partial charge on any atom is -0.495 e. The largest absolute Gasteiger partial charge is 0.495 e. The summed E-state index contributed by atoms with van der Waals surface area (Å²) >= 11 is 5.97. The Hall–Kier alpha value is -1.79. The van der Waals surface area contributed by atoms with Crippen LogP contribution in [0.25, 0.3) is 0 Å². The zero-order valence-corrected chi connectivity index (χ0v) is 13.9. The van der Waals surface area contributed by atoms with Crippen molar-refractivity contribution in [3.63, 3.8) is 0 Å². The molecule has 1 N–H and O–H groups in total. The lowest BCUT2D eigenvalue weighted by molar-refractivity contribution is -0.155. The number of carboxylic acid groups (broad SMARTS) is 1. The number of nitrogens with zero attached hydrogens (tertiary/aromatic N) is 1. The van der Waals surface area contributed by atoms with Crippen LogP contribution >= 0.6 is 11.6 Å². The van der Waals surface area contributed by atoms with E-state index < -0.39 is 11.4 Å². The van der Waals surface area contributed by atoms with Gasteiger partial charge in [0.25, 0.3) is 5.91 Å². The Balaban J connectivity index is 2.23. The highest BCUT2D eigenvalue weighted by Crippen LogP contribution is 2.32. The summed E-state index contributed by atoms with van der Waals surface area (Å²) in [5.41, 5.74) is -0.635. The van der Waals surface area contributed by atoms with E-state index in [1.54, 1.807) is 23.1 Å². The Morgan fingerprint density at radius 3 is 2.74 bits per heavy atom. The van der Waals surface area contributed by atoms with Crippen LogP contribution in [-0.2, 0) is 9.53 Å². The number of ether oxygens (including phenoxy) is 2. The number of piperidine rings is 1. The summed E-state index contributed by atoms with van der Waals surface area (Å²) in [5.74, 6) is -0.761. The Morgan fingerprint density at radius 2 is 2.13 bits per heavy atom. The van der Waals surface area contributed by atoms with E-state index in [9.17, 15) is 14.7 Å². The molecule has 1 heterocycles. The van der Waals surface area contributed by atoms with Gasteiger partial charge in [-0.25, -0.2) is 0 Å². The van der Waals surface area contributed by atoms with Crippen molar-refractivity contribution in [1.29, 1.82) is 0 Å². The molecule has 1 unspecified atom stereocenters. The number of carbonyl (C=O) groups is 2. The van der Waals surface area contributed by atoms with Crippen molar-refractivity contribution in [2.24, 2.45) is 5.41 Å². The summed E-state index contributed by atoms with van der Waals surface area (Å²) in [6, 6.07) is 4.77. The molecule has 1 atom stereocenters. The third-order valence-electron chi connectivity index (χ3n) is 4.14. The maximum absolute atomic E-state index is 12.7. The molecule has 7 heteroatoms. The van der Waals surface area contributed by atoms with Gasteiger partial charge in [0.1, 0.15) is 11.2 Å². The molecule has 0 bridgehead atoms. The van der Waals surface area contributed by atoms with E-state index in [1.165, 1.54) is 14.2 Å². The Bertz CT molecular complexity index is 602. The van der Waals surface area contributed by atoms with Gasteiger partial charge in [0.15, 0.2) is 0 Å². The number of rotatable bonds is 5. The van der Waals surface area contributed by atoms with E-state index in [0.29, 0.717) is 35.7 Å². The third kappa shape index (κ3) is 3.59. The van der Waals surface area contributed by atoms with E-state index >= 15 is 0 Å². The van der Waals surface area contributed by atoms with E-state index in [4.69, 9.17) is 21.1 Å². The molecule has 23 heavy (non-hydrogen) atoms. The average Bonchev–Trinajstić information content (AvgIpc) is 2.55. The lowest BCUT2D eigenvalue weighted by atomic mass is 9.80. The fourth-order valence-electron chi connectivity index (χ4n) is 2.91. The van der Waals surface area contributed by atoms with E-state index in [-0.39, 0.29) is 19.1 Å². The number of aliphatic carboxylic acids is 1. The standard InChI is InChI=1S/C16H20ClNO5/c1-22-10-16(15(20)21)6-3-7-18(9-16)14(19)11-4-5-12(17)13(8-11)23-2/h4-5,8H,3,6-7,9-10H2,1-2H3,(H,20,21). The van der Waals surface area contributed by atoms with E-state index in [0.717, 1.165) is 0 Å². The number of halogens is 1. The summed E-state index contributed by atoms with van der Waals surface area (Å²) in [6.07, 6.45) is 1.11. The van der Waals surface area contributed by atoms with Gasteiger partial charge in [-0.15, -0.1) is 0 Å². The van der Waals surface area contributed by atoms with E-state index in [1.807, 2.05) is 0 Å². The highest BCUT2D eigenvalue weighted by molar-refractivity contribution is 6.32. The minimum atomic E-state index is -1.06. The molecule has 1 saturated heterocycles. The van der Waals surface area contributed by atoms with Crippen LogP contribution in [0.5, 0.6) is 5.75 Å². The van der Waals surface area contributed by atoms with Gasteiger partial charge in [-0.3, -0.25) is 9.59 Å². The fourth-order valence-corrected chi connectivity index (χ4v) is 3.11. The van der Waals surface area contributed by atoms with Crippen LogP contribution in [0.2, 0.25) is 5.02 Å². The Kier molecular flexibility index (Phi) is 5.49. The fraction of sp³-hybridized carbons (Fsp3) is 0.500. The molecule has 126 valence electrons. The molecule has 0 aromatic heterocycles. The first kappa shape index (κ1) is 17.6. The van der Waals surface area contributed by atoms with Crippen molar-refractivity contribution in [3.8, 4) is 5.75 Å². The second-order valence-electron chi connectivity index (χ2n) is 5.70. The van der Waals surface area contributed by atoms with Gasteiger partial charge < -0.3 is 19.5 Å². The lowest BCUT2D eigenvalue weighted by Crippen LogP contribution is -2.52. The first-order valence-corrected chi connectivity index (χ1v) is 7.66. The molecule has 0 spiro atoms. The molecule has 0 saturated carbocycles. The smallest absolute Gasteiger partial charge is 0.313 e. The number of carboxylic acids is 1. The van der Waals surface area contributed by atoms with Gasteiger partial charge in [-0.2, -0.15) is 0 Å². The maximum Gasteiger partial charge on any atom is 0.313 e. The number of methoxy groups -OCH3 is 2. The highest BCUT2D eigenvalue weighted by Gasteiger charge is 2.44. The number of benzene rings is 1. The van der Waals surface area contributed by atoms with Crippen molar-refractivity contribution >= 4 is 23.5 Å². The molecule has 6 nitrogen and oxygen atoms in total. The van der Waals surface area contributed by atoms with Crippen LogP contribution < -0.4 is 4.74 Å². The SMILES string of the molecule is COCC1(C(=O)O)CCCN(C(=O)c2ccc(Cl)c(OC)c2)C1. The Labute approximate surface area is 139 Å². The summed E-state index contributed by atoms with van der Waals surface area (Å²) in [7, 11) is 2.94. The normalized spacial score (nSPS) is 21.1. The zero-order valence-electron chi connectivity index (χ0n) is 13.2. The molecule has 1 aliphatic rings. The molecule has 1 aliphatic heterocycles. The van der Waals surface area contributed by atoms with Crippen molar-refractivity contribution < 1.29 is 24.2 Å². The predicted octanol–water partition coefficient (Wildman–Crippen LogP) is 2.30. The van der Waals surface area contributed by atoms with Crippen LogP contribution in [-0.4, -0.2) is 55.8 Å². The zero-order chi connectivity index (χ0) is 17.0. The monoisotopic (exact) mass is 341 g/mol. The number of amides is 1. The molecule has 0 radical (unpaired) electrons. The quantitative estimate of drug-likeness (QED) is 0.889. The molecular formula is C16H20ClNO5. The summed E-state index contributed by atoms with van der Waals surface area (Å²) in [4.78, 5) is 25.9. The third-order valence-corrected chi connectivity index (χ3v) is 4.45. The van der Waals surface area contributed by atoms with Crippen molar-refractivity contribution in [2.75, 3.05) is 33.9 Å². The van der Waals surface area contributed by atoms with Gasteiger partial charge in [0.2, 0.25) is 0 Å². The Morgan fingerprint density at radius 1 is 1.39 bits per heavy atom. The molecular weight excluding hydrogens is 322 g/mol. The predicted molar refractivity (Wildman–Crippen MR) is 85.1 cm³/mol. The molecule has 1 fully saturated rings. The first-order valence-electron chi connectivity index (χ1n) is 7.28. The van der Waals surface area contributed by atoms with Crippen LogP contribution in [0.4, 0.5) is 0 Å².